The molecule has 1 atom stereocenters. The Kier molecular flexibility index (Phi) is 5.61. The van der Waals surface area contributed by atoms with Crippen LogP contribution >= 0.6 is 0 Å². The third-order valence-corrected chi connectivity index (χ3v) is 4.08. The summed E-state index contributed by atoms with van der Waals surface area (Å²) in [5.41, 5.74) is 4.01. The first-order valence-corrected chi connectivity index (χ1v) is 8.80. The summed E-state index contributed by atoms with van der Waals surface area (Å²) in [7, 11) is 0. The lowest BCUT2D eigenvalue weighted by atomic mass is 10.2. The normalized spacial score (nSPS) is 15.1. The molecular weight excluding hydrogens is 375 g/mol. The fraction of sp³-hybridized carbons (Fsp3) is 0.471. The second-order valence-corrected chi connectivity index (χ2v) is 6.76. The molecule has 1 saturated carbocycles. The lowest BCUT2D eigenvalue weighted by Crippen LogP contribution is -2.24. The zero-order valence-electron chi connectivity index (χ0n) is 15.1. The standard InChI is InChI=1S/C17H20F3N7O/c1-9(7-10-5-6-10)23-16-26-14(25-15(27-16)22-8-13(21)28)11-3-2-4-12(24-11)17(18,19)20/h2-4,9-10H,5-8H2,1H3,(H2,21,28)(H2,22,23,25,26,27)/t9-/m1/s1. The summed E-state index contributed by atoms with van der Waals surface area (Å²) in [6.07, 6.45) is -1.27. The quantitative estimate of drug-likeness (QED) is 0.628. The maximum absolute atomic E-state index is 13.0. The lowest BCUT2D eigenvalue weighted by Gasteiger charge is -2.15. The van der Waals surface area contributed by atoms with E-state index in [2.05, 4.69) is 30.6 Å². The number of carbonyl (C=O) groups is 1. The highest BCUT2D eigenvalue weighted by atomic mass is 19.4. The fourth-order valence-corrected chi connectivity index (χ4v) is 2.65. The Hall–Kier alpha value is -2.98. The van der Waals surface area contributed by atoms with Crippen LogP contribution in [-0.2, 0) is 11.0 Å². The summed E-state index contributed by atoms with van der Waals surface area (Å²) in [5.74, 6) is 0.194. The van der Waals surface area contributed by atoms with Gasteiger partial charge in [-0.05, 0) is 31.4 Å². The molecule has 1 aliphatic carbocycles. The second kappa shape index (κ2) is 7.95. The SMILES string of the molecule is C[C@H](CC1CC1)Nc1nc(NCC(N)=O)nc(-c2cccc(C(F)(F)F)n2)n1. The van der Waals surface area contributed by atoms with Gasteiger partial charge in [0.1, 0.15) is 11.4 Å². The molecule has 1 amide bonds. The third-order valence-electron chi connectivity index (χ3n) is 4.08. The van der Waals surface area contributed by atoms with E-state index in [0.717, 1.165) is 12.5 Å². The van der Waals surface area contributed by atoms with Crippen molar-refractivity contribution < 1.29 is 18.0 Å². The van der Waals surface area contributed by atoms with Crippen LogP contribution in [0.1, 0.15) is 31.9 Å². The average molecular weight is 395 g/mol. The number of amides is 1. The summed E-state index contributed by atoms with van der Waals surface area (Å²) in [6.45, 7) is 1.75. The predicted molar refractivity (Wildman–Crippen MR) is 96.2 cm³/mol. The van der Waals surface area contributed by atoms with Crippen molar-refractivity contribution in [3.05, 3.63) is 23.9 Å². The van der Waals surface area contributed by atoms with Gasteiger partial charge in [-0.3, -0.25) is 4.79 Å². The molecule has 1 fully saturated rings. The Balaban J connectivity index is 1.90. The van der Waals surface area contributed by atoms with E-state index < -0.39 is 17.8 Å². The van der Waals surface area contributed by atoms with Gasteiger partial charge in [-0.2, -0.15) is 28.1 Å². The maximum atomic E-state index is 13.0. The summed E-state index contributed by atoms with van der Waals surface area (Å²) in [4.78, 5) is 27.1. The number of hydrogen-bond donors (Lipinski definition) is 3. The second-order valence-electron chi connectivity index (χ2n) is 6.76. The number of nitrogens with two attached hydrogens (primary N) is 1. The molecule has 1 aliphatic rings. The summed E-state index contributed by atoms with van der Waals surface area (Å²) in [5, 5.41) is 5.77. The van der Waals surface area contributed by atoms with Gasteiger partial charge in [0.25, 0.3) is 0 Å². The van der Waals surface area contributed by atoms with Crippen molar-refractivity contribution in [2.24, 2.45) is 11.7 Å². The van der Waals surface area contributed by atoms with Crippen LogP contribution < -0.4 is 16.4 Å². The number of primary amides is 1. The van der Waals surface area contributed by atoms with Crippen molar-refractivity contribution in [1.29, 1.82) is 0 Å². The van der Waals surface area contributed by atoms with Crippen LogP contribution in [0.4, 0.5) is 25.1 Å². The number of pyridine rings is 1. The van der Waals surface area contributed by atoms with E-state index >= 15 is 0 Å². The minimum atomic E-state index is -4.59. The van der Waals surface area contributed by atoms with Gasteiger partial charge >= 0.3 is 6.18 Å². The molecule has 0 aliphatic heterocycles. The van der Waals surface area contributed by atoms with Crippen LogP contribution in [0, 0.1) is 5.92 Å². The monoisotopic (exact) mass is 395 g/mol. The van der Waals surface area contributed by atoms with E-state index in [1.54, 1.807) is 0 Å². The van der Waals surface area contributed by atoms with E-state index in [1.807, 2.05) is 6.92 Å². The maximum Gasteiger partial charge on any atom is 0.433 e. The third kappa shape index (κ3) is 5.51. The molecule has 8 nitrogen and oxygen atoms in total. The number of rotatable bonds is 8. The zero-order chi connectivity index (χ0) is 20.3. The molecule has 0 radical (unpaired) electrons. The van der Waals surface area contributed by atoms with Crippen LogP contribution in [-0.4, -0.2) is 38.4 Å². The van der Waals surface area contributed by atoms with Crippen molar-refractivity contribution in [3.63, 3.8) is 0 Å². The molecule has 11 heteroatoms. The van der Waals surface area contributed by atoms with Gasteiger partial charge in [0.2, 0.25) is 17.8 Å². The highest BCUT2D eigenvalue weighted by molar-refractivity contribution is 5.78. The van der Waals surface area contributed by atoms with Gasteiger partial charge in [0.15, 0.2) is 5.82 Å². The number of carbonyl (C=O) groups excluding carboxylic acids is 1. The highest BCUT2D eigenvalue weighted by Gasteiger charge is 2.32. The number of anilines is 2. The number of alkyl halides is 3. The van der Waals surface area contributed by atoms with Crippen molar-refractivity contribution in [2.75, 3.05) is 17.2 Å². The van der Waals surface area contributed by atoms with E-state index in [9.17, 15) is 18.0 Å². The molecule has 0 bridgehead atoms. The first-order chi connectivity index (χ1) is 13.2. The first-order valence-electron chi connectivity index (χ1n) is 8.80. The average Bonchev–Trinajstić information content (AvgIpc) is 3.43. The molecule has 0 saturated heterocycles. The minimum Gasteiger partial charge on any atom is -0.368 e. The first kappa shape index (κ1) is 19.8. The van der Waals surface area contributed by atoms with Crippen molar-refractivity contribution in [2.45, 2.75) is 38.4 Å². The van der Waals surface area contributed by atoms with Crippen LogP contribution in [0.15, 0.2) is 18.2 Å². The van der Waals surface area contributed by atoms with Gasteiger partial charge in [0.05, 0.1) is 6.54 Å². The molecule has 2 heterocycles. The molecular formula is C17H20F3N7O. The van der Waals surface area contributed by atoms with Gasteiger partial charge in [0, 0.05) is 6.04 Å². The van der Waals surface area contributed by atoms with Crippen LogP contribution in [0.2, 0.25) is 0 Å². The summed E-state index contributed by atoms with van der Waals surface area (Å²) in [6, 6.07) is 3.54. The minimum absolute atomic E-state index is 0.0177. The molecule has 28 heavy (non-hydrogen) atoms. The molecule has 150 valence electrons. The van der Waals surface area contributed by atoms with Gasteiger partial charge in [-0.1, -0.05) is 18.9 Å². The Morgan fingerprint density at radius 3 is 2.57 bits per heavy atom. The molecule has 2 aromatic rings. The number of halogens is 3. The highest BCUT2D eigenvalue weighted by Crippen LogP contribution is 2.34. The van der Waals surface area contributed by atoms with E-state index in [4.69, 9.17) is 5.73 Å². The largest absolute Gasteiger partial charge is 0.433 e. The van der Waals surface area contributed by atoms with Gasteiger partial charge in [-0.25, -0.2) is 4.98 Å². The molecule has 4 N–H and O–H groups in total. The van der Waals surface area contributed by atoms with E-state index in [0.29, 0.717) is 5.92 Å². The number of nitrogens with zero attached hydrogens (tertiary/aromatic N) is 4. The number of hydrogen-bond acceptors (Lipinski definition) is 7. The molecule has 2 aromatic heterocycles. The zero-order valence-corrected chi connectivity index (χ0v) is 15.1. The van der Waals surface area contributed by atoms with Crippen molar-refractivity contribution >= 4 is 17.8 Å². The van der Waals surface area contributed by atoms with Crippen LogP contribution in [0.3, 0.4) is 0 Å². The summed E-state index contributed by atoms with van der Waals surface area (Å²) >= 11 is 0. The fourth-order valence-electron chi connectivity index (χ4n) is 2.65. The smallest absolute Gasteiger partial charge is 0.368 e. The Labute approximate surface area is 159 Å². The number of nitrogens with one attached hydrogen (secondary N) is 2. The van der Waals surface area contributed by atoms with Crippen molar-refractivity contribution in [3.8, 4) is 11.5 Å². The Morgan fingerprint density at radius 1 is 1.21 bits per heavy atom. The summed E-state index contributed by atoms with van der Waals surface area (Å²) < 4.78 is 38.9. The van der Waals surface area contributed by atoms with Crippen LogP contribution in [0.25, 0.3) is 11.5 Å². The molecule has 0 aromatic carbocycles. The Bertz CT molecular complexity index is 855. The number of aromatic nitrogens is 4. The van der Waals surface area contributed by atoms with E-state index in [-0.39, 0.29) is 36.0 Å². The van der Waals surface area contributed by atoms with Gasteiger partial charge in [-0.15, -0.1) is 0 Å². The van der Waals surface area contributed by atoms with Crippen LogP contribution in [0.5, 0.6) is 0 Å². The molecule has 0 unspecified atom stereocenters. The topological polar surface area (TPSA) is 119 Å². The molecule has 0 spiro atoms. The van der Waals surface area contributed by atoms with E-state index in [1.165, 1.54) is 25.0 Å². The molecule has 3 rings (SSSR count). The van der Waals surface area contributed by atoms with Gasteiger partial charge < -0.3 is 16.4 Å². The van der Waals surface area contributed by atoms with Crippen molar-refractivity contribution in [1.82, 2.24) is 19.9 Å². The Morgan fingerprint density at radius 2 is 1.93 bits per heavy atom. The predicted octanol–water partition coefficient (Wildman–Crippen LogP) is 2.45. The lowest BCUT2D eigenvalue weighted by molar-refractivity contribution is -0.141.